The maximum Gasteiger partial charge on any atom is 0.257 e. The number of hydrogen-bond donors (Lipinski definition) is 1. The van der Waals surface area contributed by atoms with Crippen LogP contribution in [0, 0.1) is 6.92 Å². The third-order valence-corrected chi connectivity index (χ3v) is 4.23. The summed E-state index contributed by atoms with van der Waals surface area (Å²) >= 11 is 0. The quantitative estimate of drug-likeness (QED) is 0.872. The van der Waals surface area contributed by atoms with E-state index in [1.165, 1.54) is 4.90 Å². The number of aromatic nitrogens is 2. The Morgan fingerprint density at radius 2 is 1.96 bits per heavy atom. The molecule has 134 valence electrons. The molecule has 0 aliphatic carbocycles. The van der Waals surface area contributed by atoms with Crippen LogP contribution < -0.4 is 10.5 Å². The van der Waals surface area contributed by atoms with Crippen LogP contribution >= 0.6 is 0 Å². The normalized spacial score (nSPS) is 11.9. The van der Waals surface area contributed by atoms with Crippen LogP contribution in [0.5, 0.6) is 5.75 Å². The second-order valence-electron chi connectivity index (χ2n) is 6.32. The number of nitrogens with two attached hydrogens (primary N) is 1. The van der Waals surface area contributed by atoms with Gasteiger partial charge in [0.15, 0.2) is 0 Å². The molecule has 0 aliphatic rings. The molecule has 0 aliphatic heterocycles. The molecule has 0 saturated carbocycles. The van der Waals surface area contributed by atoms with Gasteiger partial charge in [0.25, 0.3) is 5.91 Å². The van der Waals surface area contributed by atoms with Crippen LogP contribution in [-0.2, 0) is 6.61 Å². The molecule has 0 radical (unpaired) electrons. The first-order chi connectivity index (χ1) is 11.8. The first-order valence-electron chi connectivity index (χ1n) is 8.41. The van der Waals surface area contributed by atoms with E-state index in [0.29, 0.717) is 22.9 Å². The number of anilines is 1. The average Bonchev–Trinajstić information content (AvgIpc) is 2.58. The third kappa shape index (κ3) is 4.26. The van der Waals surface area contributed by atoms with Crippen LogP contribution in [0.4, 0.5) is 5.95 Å². The summed E-state index contributed by atoms with van der Waals surface area (Å²) in [5.74, 6) is 1.17. The number of nitrogens with zero attached hydrogens (tertiary/aromatic N) is 3. The first kappa shape index (κ1) is 18.7. The maximum atomic E-state index is 12.5. The number of benzene rings is 1. The number of hydrogen-bond acceptors (Lipinski definition) is 5. The lowest BCUT2D eigenvalue weighted by Crippen LogP contribution is -2.26. The number of rotatable bonds is 6. The summed E-state index contributed by atoms with van der Waals surface area (Å²) in [6.07, 6.45) is 1.02. The summed E-state index contributed by atoms with van der Waals surface area (Å²) < 4.78 is 6.01. The predicted octanol–water partition coefficient (Wildman–Crippen LogP) is 3.16. The zero-order chi connectivity index (χ0) is 18.6. The number of aryl methyl sites for hydroxylation is 1. The molecule has 2 aromatic rings. The summed E-state index contributed by atoms with van der Waals surface area (Å²) in [5, 5.41) is 0. The predicted molar refractivity (Wildman–Crippen MR) is 98.7 cm³/mol. The molecular weight excluding hydrogens is 316 g/mol. The van der Waals surface area contributed by atoms with Crippen molar-refractivity contribution in [3.8, 4) is 5.75 Å². The molecule has 2 rings (SSSR count). The molecule has 6 nitrogen and oxygen atoms in total. The minimum Gasteiger partial charge on any atom is -0.487 e. The number of nitrogen functional groups attached to an aromatic ring is 1. The van der Waals surface area contributed by atoms with Gasteiger partial charge in [-0.2, -0.15) is 0 Å². The van der Waals surface area contributed by atoms with E-state index in [0.717, 1.165) is 17.7 Å². The van der Waals surface area contributed by atoms with Crippen molar-refractivity contribution in [1.82, 2.24) is 14.9 Å². The van der Waals surface area contributed by atoms with Gasteiger partial charge in [0.05, 0.1) is 17.0 Å². The molecule has 1 aromatic carbocycles. The van der Waals surface area contributed by atoms with Gasteiger partial charge < -0.3 is 15.4 Å². The fourth-order valence-corrected chi connectivity index (χ4v) is 2.65. The SMILES string of the molecule is CCC(C)c1ccccc1OCc1nc(N)nc(C)c1C(=O)N(C)C. The number of para-hydroxylation sites is 1. The highest BCUT2D eigenvalue weighted by atomic mass is 16.5. The van der Waals surface area contributed by atoms with Crippen molar-refractivity contribution in [3.05, 3.63) is 46.8 Å². The van der Waals surface area contributed by atoms with Gasteiger partial charge in [-0.05, 0) is 30.9 Å². The van der Waals surface area contributed by atoms with Gasteiger partial charge in [-0.3, -0.25) is 4.79 Å². The Morgan fingerprint density at radius 1 is 1.28 bits per heavy atom. The summed E-state index contributed by atoms with van der Waals surface area (Å²) in [5.41, 5.74) is 8.42. The van der Waals surface area contributed by atoms with E-state index in [4.69, 9.17) is 10.5 Å². The monoisotopic (exact) mass is 342 g/mol. The molecular formula is C19H26N4O2. The number of amides is 1. The van der Waals surface area contributed by atoms with Crippen LogP contribution in [0.1, 0.15) is 53.5 Å². The highest BCUT2D eigenvalue weighted by Gasteiger charge is 2.20. The molecule has 0 saturated heterocycles. The second-order valence-corrected chi connectivity index (χ2v) is 6.32. The van der Waals surface area contributed by atoms with Gasteiger partial charge in [-0.15, -0.1) is 0 Å². The lowest BCUT2D eigenvalue weighted by Gasteiger charge is -2.18. The van der Waals surface area contributed by atoms with Gasteiger partial charge in [-0.1, -0.05) is 32.0 Å². The van der Waals surface area contributed by atoms with Crippen molar-refractivity contribution in [2.24, 2.45) is 0 Å². The summed E-state index contributed by atoms with van der Waals surface area (Å²) in [6.45, 7) is 6.22. The zero-order valence-corrected chi connectivity index (χ0v) is 15.5. The topological polar surface area (TPSA) is 81.3 Å². The Balaban J connectivity index is 2.34. The Kier molecular flexibility index (Phi) is 5.96. The minimum absolute atomic E-state index is 0.140. The van der Waals surface area contributed by atoms with E-state index >= 15 is 0 Å². The Bertz CT molecular complexity index is 759. The van der Waals surface area contributed by atoms with E-state index in [-0.39, 0.29) is 18.5 Å². The molecule has 25 heavy (non-hydrogen) atoms. The van der Waals surface area contributed by atoms with Crippen LogP contribution in [0.25, 0.3) is 0 Å². The number of ether oxygens (including phenoxy) is 1. The number of carbonyl (C=O) groups excluding carboxylic acids is 1. The van der Waals surface area contributed by atoms with Crippen molar-refractivity contribution in [2.45, 2.75) is 39.7 Å². The van der Waals surface area contributed by atoms with Crippen molar-refractivity contribution in [3.63, 3.8) is 0 Å². The lowest BCUT2D eigenvalue weighted by molar-refractivity contribution is 0.0823. The van der Waals surface area contributed by atoms with E-state index in [2.05, 4.69) is 29.9 Å². The Morgan fingerprint density at radius 3 is 2.60 bits per heavy atom. The summed E-state index contributed by atoms with van der Waals surface area (Å²) in [4.78, 5) is 22.3. The maximum absolute atomic E-state index is 12.5. The minimum atomic E-state index is -0.161. The molecule has 2 N–H and O–H groups in total. The smallest absolute Gasteiger partial charge is 0.257 e. The third-order valence-electron chi connectivity index (χ3n) is 4.23. The second kappa shape index (κ2) is 7.96. The average molecular weight is 342 g/mol. The van der Waals surface area contributed by atoms with Crippen LogP contribution in [0.2, 0.25) is 0 Å². The van der Waals surface area contributed by atoms with Gasteiger partial charge >= 0.3 is 0 Å². The summed E-state index contributed by atoms with van der Waals surface area (Å²) in [7, 11) is 3.39. The molecule has 0 bridgehead atoms. The van der Waals surface area contributed by atoms with Gasteiger partial charge in [0, 0.05) is 14.1 Å². The molecule has 1 heterocycles. The van der Waals surface area contributed by atoms with E-state index in [1.54, 1.807) is 21.0 Å². The molecule has 6 heteroatoms. The van der Waals surface area contributed by atoms with Crippen molar-refractivity contribution in [2.75, 3.05) is 19.8 Å². The molecule has 1 unspecified atom stereocenters. The fourth-order valence-electron chi connectivity index (χ4n) is 2.65. The highest BCUT2D eigenvalue weighted by molar-refractivity contribution is 5.96. The molecule has 1 amide bonds. The van der Waals surface area contributed by atoms with Crippen molar-refractivity contribution < 1.29 is 9.53 Å². The van der Waals surface area contributed by atoms with E-state index in [1.807, 2.05) is 18.2 Å². The lowest BCUT2D eigenvalue weighted by atomic mass is 9.98. The Labute approximate surface area is 149 Å². The molecule has 0 spiro atoms. The Hall–Kier alpha value is -2.63. The zero-order valence-electron chi connectivity index (χ0n) is 15.5. The van der Waals surface area contributed by atoms with Gasteiger partial charge in [0.2, 0.25) is 5.95 Å². The standard InChI is InChI=1S/C19H26N4O2/c1-6-12(2)14-9-7-8-10-16(14)25-11-15-17(18(24)23(4)5)13(3)21-19(20)22-15/h7-10,12H,6,11H2,1-5H3,(H2,20,21,22). The van der Waals surface area contributed by atoms with Crippen molar-refractivity contribution in [1.29, 1.82) is 0 Å². The fraction of sp³-hybridized carbons (Fsp3) is 0.421. The van der Waals surface area contributed by atoms with Crippen LogP contribution in [0.15, 0.2) is 24.3 Å². The van der Waals surface area contributed by atoms with Crippen LogP contribution in [-0.4, -0.2) is 34.9 Å². The van der Waals surface area contributed by atoms with Gasteiger partial charge in [0.1, 0.15) is 12.4 Å². The highest BCUT2D eigenvalue weighted by Crippen LogP contribution is 2.29. The summed E-state index contributed by atoms with van der Waals surface area (Å²) in [6, 6.07) is 7.94. The molecule has 1 atom stereocenters. The largest absolute Gasteiger partial charge is 0.487 e. The first-order valence-corrected chi connectivity index (χ1v) is 8.41. The molecule has 0 fully saturated rings. The van der Waals surface area contributed by atoms with Crippen LogP contribution in [0.3, 0.4) is 0 Å². The van der Waals surface area contributed by atoms with E-state index in [9.17, 15) is 4.79 Å². The van der Waals surface area contributed by atoms with Gasteiger partial charge in [-0.25, -0.2) is 9.97 Å². The molecule has 1 aromatic heterocycles. The van der Waals surface area contributed by atoms with Crippen molar-refractivity contribution >= 4 is 11.9 Å². The van der Waals surface area contributed by atoms with E-state index < -0.39 is 0 Å². The number of carbonyl (C=O) groups is 1.